The van der Waals surface area contributed by atoms with Crippen molar-refractivity contribution in [2.75, 3.05) is 26.7 Å². The number of piperazine rings is 1. The Bertz CT molecular complexity index is 1240. The molecule has 2 aliphatic carbocycles. The summed E-state index contributed by atoms with van der Waals surface area (Å²) in [5.74, 6) is 0.889. The van der Waals surface area contributed by atoms with Crippen LogP contribution in [0.5, 0.6) is 11.5 Å². The number of thiophene rings is 1. The van der Waals surface area contributed by atoms with E-state index in [2.05, 4.69) is 10.6 Å². The molecule has 0 radical (unpaired) electrons. The van der Waals surface area contributed by atoms with Gasteiger partial charge in [-0.3, -0.25) is 9.59 Å². The third-order valence-corrected chi connectivity index (χ3v) is 10.4. The van der Waals surface area contributed by atoms with Crippen LogP contribution in [0.1, 0.15) is 81.1 Å². The molecule has 2 saturated carbocycles. The first-order valence-corrected chi connectivity index (χ1v) is 17.5. The van der Waals surface area contributed by atoms with Crippen LogP contribution < -0.4 is 25.8 Å². The van der Waals surface area contributed by atoms with Crippen LogP contribution in [-0.4, -0.2) is 72.6 Å². The highest BCUT2D eigenvalue weighted by Gasteiger charge is 2.41. The number of carbonyl (C=O) groups is 3. The van der Waals surface area contributed by atoms with Crippen molar-refractivity contribution in [3.63, 3.8) is 0 Å². The van der Waals surface area contributed by atoms with E-state index in [-0.39, 0.29) is 43.2 Å². The highest BCUT2D eigenvalue weighted by molar-refractivity contribution is 7.09. The van der Waals surface area contributed by atoms with E-state index in [0.29, 0.717) is 30.8 Å². The number of rotatable bonds is 11. The standard InChI is InChI=1S/C34H49N5O5S/c1-43-31-20-25(21-35)14-15-30(31)44-34(42)38-16-17-39(29(23-38)32(40)36-22-27-13-8-18-45-27)33(41)28(19-24-9-4-2-5-10-24)37-26-11-6-3-7-12-26/h8,13-15,18,20,24,26,28-29,37H,2-7,9-12,16-17,19,21-23,35H2,1H3,(H,36,40)/t28?,29-/m0/s1. The zero-order valence-corrected chi connectivity index (χ0v) is 27.3. The van der Waals surface area contributed by atoms with Crippen LogP contribution >= 0.6 is 11.3 Å². The molecule has 2 heterocycles. The van der Waals surface area contributed by atoms with E-state index < -0.39 is 12.1 Å². The molecule has 0 spiro atoms. The van der Waals surface area contributed by atoms with Crippen LogP contribution in [0.4, 0.5) is 4.79 Å². The summed E-state index contributed by atoms with van der Waals surface area (Å²) in [5, 5.41) is 8.75. The van der Waals surface area contributed by atoms with Gasteiger partial charge < -0.3 is 35.6 Å². The number of hydrogen-bond acceptors (Lipinski definition) is 8. The fourth-order valence-electron chi connectivity index (χ4n) is 6.97. The van der Waals surface area contributed by atoms with Crippen molar-refractivity contribution < 1.29 is 23.9 Å². The fraction of sp³-hybridized carbons (Fsp3) is 0.618. The predicted octanol–water partition coefficient (Wildman–Crippen LogP) is 4.80. The molecule has 1 aromatic carbocycles. The number of amides is 3. The molecule has 3 aliphatic rings. The van der Waals surface area contributed by atoms with Crippen molar-refractivity contribution >= 4 is 29.2 Å². The Morgan fingerprint density at radius 2 is 1.76 bits per heavy atom. The molecule has 2 atom stereocenters. The molecule has 10 nitrogen and oxygen atoms in total. The molecular formula is C34H49N5O5S. The second-order valence-electron chi connectivity index (χ2n) is 12.6. The minimum absolute atomic E-state index is 0.0329. The molecule has 1 aromatic heterocycles. The molecule has 2 aromatic rings. The first-order valence-electron chi connectivity index (χ1n) is 16.7. The average molecular weight is 640 g/mol. The van der Waals surface area contributed by atoms with Crippen molar-refractivity contribution in [3.8, 4) is 11.5 Å². The lowest BCUT2D eigenvalue weighted by molar-refractivity contribution is -0.145. The topological polar surface area (TPSA) is 126 Å². The summed E-state index contributed by atoms with van der Waals surface area (Å²) in [6.07, 6.45) is 11.9. The van der Waals surface area contributed by atoms with Crippen LogP contribution in [-0.2, 0) is 22.7 Å². The highest BCUT2D eigenvalue weighted by Crippen LogP contribution is 2.31. The normalized spacial score (nSPS) is 20.4. The van der Waals surface area contributed by atoms with Gasteiger partial charge in [-0.25, -0.2) is 4.79 Å². The number of nitrogens with two attached hydrogens (primary N) is 1. The van der Waals surface area contributed by atoms with Gasteiger partial charge in [-0.15, -0.1) is 11.3 Å². The van der Waals surface area contributed by atoms with Gasteiger partial charge in [0.15, 0.2) is 11.5 Å². The van der Waals surface area contributed by atoms with E-state index in [9.17, 15) is 14.4 Å². The Morgan fingerprint density at radius 1 is 1.00 bits per heavy atom. The quantitative estimate of drug-likeness (QED) is 0.322. The lowest BCUT2D eigenvalue weighted by Crippen LogP contribution is -2.64. The van der Waals surface area contributed by atoms with E-state index in [0.717, 1.165) is 42.5 Å². The molecule has 3 fully saturated rings. The fourth-order valence-corrected chi connectivity index (χ4v) is 7.62. The van der Waals surface area contributed by atoms with Crippen LogP contribution in [0.25, 0.3) is 0 Å². The first kappa shape index (κ1) is 33.2. The Labute approximate surface area is 271 Å². The summed E-state index contributed by atoms with van der Waals surface area (Å²) in [7, 11) is 1.51. The summed E-state index contributed by atoms with van der Waals surface area (Å²) >= 11 is 1.57. The number of nitrogens with zero attached hydrogens (tertiary/aromatic N) is 2. The van der Waals surface area contributed by atoms with Crippen LogP contribution in [0, 0.1) is 5.92 Å². The number of benzene rings is 1. The summed E-state index contributed by atoms with van der Waals surface area (Å²) in [6, 6.07) is 8.25. The maximum atomic E-state index is 14.4. The second-order valence-corrected chi connectivity index (χ2v) is 13.7. The van der Waals surface area contributed by atoms with Crippen molar-refractivity contribution in [1.82, 2.24) is 20.4 Å². The van der Waals surface area contributed by atoms with Gasteiger partial charge in [0.25, 0.3) is 0 Å². The van der Waals surface area contributed by atoms with Gasteiger partial charge >= 0.3 is 6.09 Å². The number of carbonyl (C=O) groups excluding carboxylic acids is 3. The van der Waals surface area contributed by atoms with Gasteiger partial charge in [-0.2, -0.15) is 0 Å². The van der Waals surface area contributed by atoms with Gasteiger partial charge in [0.1, 0.15) is 6.04 Å². The highest BCUT2D eigenvalue weighted by atomic mass is 32.1. The van der Waals surface area contributed by atoms with E-state index in [1.807, 2.05) is 17.5 Å². The number of nitrogens with one attached hydrogen (secondary N) is 2. The molecule has 11 heteroatoms. The van der Waals surface area contributed by atoms with Gasteiger partial charge in [0.05, 0.1) is 26.2 Å². The van der Waals surface area contributed by atoms with E-state index in [4.69, 9.17) is 15.2 Å². The molecule has 0 bridgehead atoms. The van der Waals surface area contributed by atoms with E-state index in [1.165, 1.54) is 50.5 Å². The SMILES string of the molecule is COc1cc(CN)ccc1OC(=O)N1CCN(C(=O)C(CC2CCCCC2)NC2CCCCC2)[C@H](C(=O)NCc2cccs2)C1. The summed E-state index contributed by atoms with van der Waals surface area (Å²) < 4.78 is 11.2. The lowest BCUT2D eigenvalue weighted by atomic mass is 9.83. The molecular weight excluding hydrogens is 590 g/mol. The Morgan fingerprint density at radius 3 is 2.44 bits per heavy atom. The van der Waals surface area contributed by atoms with Crippen LogP contribution in [0.15, 0.2) is 35.7 Å². The van der Waals surface area contributed by atoms with Gasteiger partial charge in [-0.05, 0) is 54.3 Å². The molecule has 3 amide bonds. The maximum Gasteiger partial charge on any atom is 0.415 e. The summed E-state index contributed by atoms with van der Waals surface area (Å²) in [4.78, 5) is 45.9. The molecule has 1 aliphatic heterocycles. The summed E-state index contributed by atoms with van der Waals surface area (Å²) in [6.45, 7) is 1.27. The molecule has 4 N–H and O–H groups in total. The Kier molecular flexibility index (Phi) is 12.1. The van der Waals surface area contributed by atoms with Gasteiger partial charge in [0, 0.05) is 30.6 Å². The van der Waals surface area contributed by atoms with Crippen molar-refractivity contribution in [2.24, 2.45) is 11.7 Å². The second kappa shape index (κ2) is 16.4. The monoisotopic (exact) mass is 639 g/mol. The zero-order chi connectivity index (χ0) is 31.6. The van der Waals surface area contributed by atoms with Gasteiger partial charge in [-0.1, -0.05) is 63.5 Å². The third kappa shape index (κ3) is 8.98. The van der Waals surface area contributed by atoms with Crippen molar-refractivity contribution in [3.05, 3.63) is 46.2 Å². The molecule has 1 unspecified atom stereocenters. The third-order valence-electron chi connectivity index (χ3n) is 9.54. The molecule has 1 saturated heterocycles. The molecule has 246 valence electrons. The average Bonchev–Trinajstić information content (AvgIpc) is 3.61. The predicted molar refractivity (Wildman–Crippen MR) is 175 cm³/mol. The zero-order valence-electron chi connectivity index (χ0n) is 26.5. The Hall–Kier alpha value is -3.15. The van der Waals surface area contributed by atoms with Crippen molar-refractivity contribution in [2.45, 2.75) is 102 Å². The molecule has 5 rings (SSSR count). The van der Waals surface area contributed by atoms with Crippen LogP contribution in [0.2, 0.25) is 0 Å². The first-order chi connectivity index (χ1) is 21.9. The van der Waals surface area contributed by atoms with E-state index in [1.54, 1.807) is 34.4 Å². The lowest BCUT2D eigenvalue weighted by Gasteiger charge is -2.42. The Balaban J connectivity index is 1.33. The van der Waals surface area contributed by atoms with E-state index >= 15 is 0 Å². The minimum atomic E-state index is -0.831. The largest absolute Gasteiger partial charge is 0.493 e. The van der Waals surface area contributed by atoms with Crippen molar-refractivity contribution in [1.29, 1.82) is 0 Å². The number of methoxy groups -OCH3 is 1. The smallest absolute Gasteiger partial charge is 0.415 e. The number of hydrogen-bond donors (Lipinski definition) is 3. The number of ether oxygens (including phenoxy) is 2. The maximum absolute atomic E-state index is 14.4. The van der Waals surface area contributed by atoms with Crippen LogP contribution in [0.3, 0.4) is 0 Å². The molecule has 45 heavy (non-hydrogen) atoms. The van der Waals surface area contributed by atoms with Gasteiger partial charge in [0.2, 0.25) is 11.8 Å². The minimum Gasteiger partial charge on any atom is -0.493 e. The summed E-state index contributed by atoms with van der Waals surface area (Å²) in [5.41, 5.74) is 6.61.